The molecular weight excluding hydrogens is 398 g/mol. The number of Topliss-reactive ketones (excluding diaryl/α,β-unsaturated/α-hetero) is 1. The van der Waals surface area contributed by atoms with Crippen molar-refractivity contribution in [2.45, 2.75) is 20.8 Å². The van der Waals surface area contributed by atoms with Crippen LogP contribution in [0.1, 0.15) is 33.4 Å². The van der Waals surface area contributed by atoms with E-state index in [9.17, 15) is 10.1 Å². The number of allylic oxidation sites excluding steroid dienone is 1. The van der Waals surface area contributed by atoms with Crippen LogP contribution < -0.4 is 14.8 Å². The van der Waals surface area contributed by atoms with Crippen LogP contribution in [0.25, 0.3) is 16.8 Å². The highest BCUT2D eigenvalue weighted by Gasteiger charge is 2.19. The number of thiazole rings is 1. The minimum absolute atomic E-state index is 0.117. The summed E-state index contributed by atoms with van der Waals surface area (Å²) < 4.78 is 10.7. The van der Waals surface area contributed by atoms with E-state index in [4.69, 9.17) is 9.47 Å². The molecule has 1 aliphatic rings. The predicted octanol–water partition coefficient (Wildman–Crippen LogP) is 5.33. The molecule has 0 amide bonds. The smallest absolute Gasteiger partial charge is 0.231 e. The number of nitrogens with zero attached hydrogens (tertiary/aromatic N) is 2. The maximum atomic E-state index is 12.0. The molecule has 0 bridgehead atoms. The summed E-state index contributed by atoms with van der Waals surface area (Å²) in [5.74, 6) is 0.975. The molecular formula is C23H19N3O3S. The zero-order chi connectivity index (χ0) is 21.3. The zero-order valence-corrected chi connectivity index (χ0v) is 17.6. The van der Waals surface area contributed by atoms with Crippen molar-refractivity contribution in [2.75, 3.05) is 12.1 Å². The highest BCUT2D eigenvalue weighted by molar-refractivity contribution is 7.11. The maximum absolute atomic E-state index is 12.0. The van der Waals surface area contributed by atoms with E-state index >= 15 is 0 Å². The average molecular weight is 417 g/mol. The van der Waals surface area contributed by atoms with Crippen LogP contribution in [0.4, 0.5) is 5.69 Å². The zero-order valence-electron chi connectivity index (χ0n) is 16.8. The molecule has 0 aliphatic carbocycles. The lowest BCUT2D eigenvalue weighted by molar-refractivity contribution is 0.101. The number of aryl methyl sites for hydroxylation is 2. The quantitative estimate of drug-likeness (QED) is 0.446. The Morgan fingerprint density at radius 1 is 1.23 bits per heavy atom. The van der Waals surface area contributed by atoms with Crippen molar-refractivity contribution in [3.05, 3.63) is 63.6 Å². The number of nitrogens with one attached hydrogen (secondary N) is 1. The Bertz CT molecular complexity index is 1220. The number of anilines is 1. The Morgan fingerprint density at radius 3 is 2.70 bits per heavy atom. The molecule has 0 fully saturated rings. The summed E-state index contributed by atoms with van der Waals surface area (Å²) in [5.41, 5.74) is 5.60. The number of carbonyl (C=O) groups is 1. The van der Waals surface area contributed by atoms with Crippen molar-refractivity contribution in [2.24, 2.45) is 0 Å². The van der Waals surface area contributed by atoms with Crippen molar-refractivity contribution in [1.82, 2.24) is 4.98 Å². The molecule has 0 spiro atoms. The predicted molar refractivity (Wildman–Crippen MR) is 117 cm³/mol. The average Bonchev–Trinajstić information content (AvgIpc) is 3.37. The normalized spacial score (nSPS) is 12.5. The fourth-order valence-corrected chi connectivity index (χ4v) is 4.05. The van der Waals surface area contributed by atoms with Crippen LogP contribution in [0.5, 0.6) is 11.5 Å². The first-order valence-electron chi connectivity index (χ1n) is 9.31. The van der Waals surface area contributed by atoms with Crippen molar-refractivity contribution >= 4 is 28.4 Å². The lowest BCUT2D eigenvalue weighted by atomic mass is 10.0. The summed E-state index contributed by atoms with van der Waals surface area (Å²) in [7, 11) is 0. The Balaban J connectivity index is 1.64. The van der Waals surface area contributed by atoms with Gasteiger partial charge in [0.25, 0.3) is 0 Å². The van der Waals surface area contributed by atoms with E-state index in [0.29, 0.717) is 33.3 Å². The first-order chi connectivity index (χ1) is 14.5. The SMILES string of the molecule is CC(=O)c1cc2c(cc1N/C=C(\C#N)c1nc(-c3ccc(C)cc3C)cs1)OCO2. The third-order valence-corrected chi connectivity index (χ3v) is 5.65. The third-order valence-electron chi connectivity index (χ3n) is 4.78. The van der Waals surface area contributed by atoms with Crippen molar-refractivity contribution in [3.63, 3.8) is 0 Å². The van der Waals surface area contributed by atoms with Gasteiger partial charge in [0.15, 0.2) is 17.3 Å². The van der Waals surface area contributed by atoms with E-state index in [1.54, 1.807) is 18.3 Å². The highest BCUT2D eigenvalue weighted by Crippen LogP contribution is 2.37. The van der Waals surface area contributed by atoms with Crippen LogP contribution in [-0.4, -0.2) is 17.6 Å². The van der Waals surface area contributed by atoms with Gasteiger partial charge in [0, 0.05) is 28.8 Å². The molecule has 30 heavy (non-hydrogen) atoms. The third kappa shape index (κ3) is 3.78. The first-order valence-corrected chi connectivity index (χ1v) is 10.2. The van der Waals surface area contributed by atoms with E-state index in [-0.39, 0.29) is 12.6 Å². The van der Waals surface area contributed by atoms with Crippen LogP contribution in [0.3, 0.4) is 0 Å². The van der Waals surface area contributed by atoms with Gasteiger partial charge in [-0.05, 0) is 32.4 Å². The van der Waals surface area contributed by atoms with Gasteiger partial charge in [0.2, 0.25) is 6.79 Å². The summed E-state index contributed by atoms with van der Waals surface area (Å²) in [6, 6.07) is 11.7. The van der Waals surface area contributed by atoms with Crippen LogP contribution in [-0.2, 0) is 0 Å². The monoisotopic (exact) mass is 417 g/mol. The standard InChI is InChI=1S/C23H19N3O3S/c1-13-4-5-17(14(2)6-13)20-11-30-23(26-20)16(9-24)10-25-19-8-22-21(28-12-29-22)7-18(19)15(3)27/h4-8,10-11,25H,12H2,1-3H3/b16-10+. The number of ketones is 1. The highest BCUT2D eigenvalue weighted by atomic mass is 32.1. The molecule has 1 aliphatic heterocycles. The second-order valence-corrected chi connectivity index (χ2v) is 7.84. The first kappa shape index (κ1) is 19.7. The van der Waals surface area contributed by atoms with E-state index < -0.39 is 0 Å². The molecule has 4 rings (SSSR count). The van der Waals surface area contributed by atoms with Gasteiger partial charge in [-0.3, -0.25) is 4.79 Å². The number of ether oxygens (including phenoxy) is 2. The lowest BCUT2D eigenvalue weighted by Gasteiger charge is -2.09. The molecule has 6 nitrogen and oxygen atoms in total. The van der Waals surface area contributed by atoms with Crippen LogP contribution >= 0.6 is 11.3 Å². The molecule has 0 unspecified atom stereocenters. The maximum Gasteiger partial charge on any atom is 0.231 e. The summed E-state index contributed by atoms with van der Waals surface area (Å²) >= 11 is 1.40. The van der Waals surface area contributed by atoms with Gasteiger partial charge in [-0.1, -0.05) is 23.8 Å². The Hall–Kier alpha value is -3.63. The second-order valence-electron chi connectivity index (χ2n) is 6.98. The fraction of sp³-hybridized carbons (Fsp3) is 0.174. The number of fused-ring (bicyclic) bond motifs is 1. The second kappa shape index (κ2) is 8.01. The van der Waals surface area contributed by atoms with E-state index in [1.807, 2.05) is 24.4 Å². The Kier molecular flexibility index (Phi) is 5.25. The van der Waals surface area contributed by atoms with Crippen molar-refractivity contribution in [3.8, 4) is 28.8 Å². The molecule has 1 N–H and O–H groups in total. The summed E-state index contributed by atoms with van der Waals surface area (Å²) in [6.07, 6.45) is 1.56. The number of carbonyl (C=O) groups excluding carboxylic acids is 1. The molecule has 2 heterocycles. The summed E-state index contributed by atoms with van der Waals surface area (Å²) in [4.78, 5) is 16.7. The van der Waals surface area contributed by atoms with E-state index in [0.717, 1.165) is 16.8 Å². The van der Waals surface area contributed by atoms with Gasteiger partial charge < -0.3 is 14.8 Å². The van der Waals surface area contributed by atoms with Crippen LogP contribution in [0.2, 0.25) is 0 Å². The largest absolute Gasteiger partial charge is 0.454 e. The van der Waals surface area contributed by atoms with Gasteiger partial charge in [0.05, 0.1) is 11.4 Å². The topological polar surface area (TPSA) is 84.2 Å². The van der Waals surface area contributed by atoms with E-state index in [1.165, 1.54) is 23.8 Å². The van der Waals surface area contributed by atoms with Gasteiger partial charge in [-0.15, -0.1) is 11.3 Å². The molecule has 1 aromatic heterocycles. The van der Waals surface area contributed by atoms with Crippen LogP contribution in [0.15, 0.2) is 41.9 Å². The molecule has 3 aromatic rings. The lowest BCUT2D eigenvalue weighted by Crippen LogP contribution is -2.00. The van der Waals surface area contributed by atoms with Gasteiger partial charge in [-0.2, -0.15) is 5.26 Å². The van der Waals surface area contributed by atoms with Gasteiger partial charge in [-0.25, -0.2) is 4.98 Å². The number of nitriles is 1. The van der Waals surface area contributed by atoms with Gasteiger partial charge in [0.1, 0.15) is 16.6 Å². The van der Waals surface area contributed by atoms with E-state index in [2.05, 4.69) is 29.4 Å². The molecule has 0 saturated heterocycles. The fourth-order valence-electron chi connectivity index (χ4n) is 3.27. The number of benzene rings is 2. The minimum Gasteiger partial charge on any atom is -0.454 e. The van der Waals surface area contributed by atoms with Crippen molar-refractivity contribution < 1.29 is 14.3 Å². The molecule has 7 heteroatoms. The number of rotatable bonds is 5. The van der Waals surface area contributed by atoms with Gasteiger partial charge >= 0.3 is 0 Å². The number of hydrogen-bond donors (Lipinski definition) is 1. The molecule has 2 aromatic carbocycles. The Morgan fingerprint density at radius 2 is 2.00 bits per heavy atom. The minimum atomic E-state index is -0.117. The number of hydrogen-bond acceptors (Lipinski definition) is 7. The Labute approximate surface area is 178 Å². The summed E-state index contributed by atoms with van der Waals surface area (Å²) in [5, 5.41) is 15.3. The summed E-state index contributed by atoms with van der Waals surface area (Å²) in [6.45, 7) is 5.70. The van der Waals surface area contributed by atoms with Crippen LogP contribution in [0, 0.1) is 25.2 Å². The molecule has 0 radical (unpaired) electrons. The number of aromatic nitrogens is 1. The molecule has 0 saturated carbocycles. The van der Waals surface area contributed by atoms with Crippen molar-refractivity contribution in [1.29, 1.82) is 5.26 Å². The molecule has 0 atom stereocenters. The molecule has 150 valence electrons.